The first kappa shape index (κ1) is 23.1. The van der Waals surface area contributed by atoms with E-state index in [0.717, 1.165) is 29.6 Å². The first-order valence-electron chi connectivity index (χ1n) is 12.8. The fourth-order valence-corrected chi connectivity index (χ4v) is 10.5. The van der Waals surface area contributed by atoms with Crippen LogP contribution in [-0.2, 0) is 8.85 Å². The average Bonchev–Trinajstić information content (AvgIpc) is 2.90. The first-order valence-corrected chi connectivity index (χ1v) is 19.6. The van der Waals surface area contributed by atoms with Crippen LogP contribution in [0.2, 0.25) is 39.3 Å². The molecule has 0 radical (unpaired) electrons. The van der Waals surface area contributed by atoms with E-state index in [1.54, 1.807) is 0 Å². The molecule has 0 saturated heterocycles. The number of hydrogen-bond acceptors (Lipinski definition) is 2. The van der Waals surface area contributed by atoms with Crippen LogP contribution in [0.5, 0.6) is 0 Å². The molecule has 3 saturated carbocycles. The molecule has 0 bridgehead atoms. The van der Waals surface area contributed by atoms with E-state index in [9.17, 15) is 0 Å². The first-order chi connectivity index (χ1) is 13.7. The monoisotopic (exact) mass is 448 g/mol. The third-order valence-electron chi connectivity index (χ3n) is 9.64. The summed E-state index contributed by atoms with van der Waals surface area (Å²) >= 11 is 0. The highest BCUT2D eigenvalue weighted by molar-refractivity contribution is 6.70. The molecule has 0 amide bonds. The third kappa shape index (κ3) is 3.92. The summed E-state index contributed by atoms with van der Waals surface area (Å²) in [6, 6.07) is 0. The Morgan fingerprint density at radius 2 is 1.60 bits per heavy atom. The Hall–Kier alpha value is -0.0662. The van der Waals surface area contributed by atoms with Gasteiger partial charge in [0.1, 0.15) is 0 Å². The zero-order valence-corrected chi connectivity index (χ0v) is 23.3. The Bertz CT molecular complexity index is 690. The van der Waals surface area contributed by atoms with Gasteiger partial charge in [-0.2, -0.15) is 0 Å². The molecule has 8 unspecified atom stereocenters. The lowest BCUT2D eigenvalue weighted by molar-refractivity contribution is -0.145. The molecule has 0 aromatic heterocycles. The fraction of sp³-hybridized carbons (Fsp3) is 0.923. The molecule has 0 N–H and O–H groups in total. The normalized spacial score (nSPS) is 46.5. The molecule has 4 aliphatic carbocycles. The van der Waals surface area contributed by atoms with Crippen molar-refractivity contribution in [3.8, 4) is 0 Å². The van der Waals surface area contributed by atoms with Gasteiger partial charge in [-0.25, -0.2) is 0 Å². The molecule has 0 aromatic rings. The SMILES string of the molecule is CC1CC(O[Si](C)(C)C)CC2CCC3C4CC=C(O[Si](C)(C)C)C4(C)CCC3C12C. The van der Waals surface area contributed by atoms with E-state index in [1.165, 1.54) is 50.7 Å². The maximum Gasteiger partial charge on any atom is 0.241 e. The average molecular weight is 449 g/mol. The molecule has 0 aliphatic heterocycles. The van der Waals surface area contributed by atoms with Gasteiger partial charge in [0, 0.05) is 11.5 Å². The predicted octanol–water partition coefficient (Wildman–Crippen LogP) is 7.84. The predicted molar refractivity (Wildman–Crippen MR) is 132 cm³/mol. The van der Waals surface area contributed by atoms with Crippen LogP contribution < -0.4 is 0 Å². The minimum Gasteiger partial charge on any atom is -0.547 e. The number of rotatable bonds is 4. The van der Waals surface area contributed by atoms with Crippen LogP contribution in [0.25, 0.3) is 0 Å². The van der Waals surface area contributed by atoms with Crippen molar-refractivity contribution in [2.75, 3.05) is 0 Å². The Morgan fingerprint density at radius 1 is 0.900 bits per heavy atom. The zero-order chi connectivity index (χ0) is 22.1. The van der Waals surface area contributed by atoms with Gasteiger partial charge in [0.2, 0.25) is 8.32 Å². The molecule has 8 atom stereocenters. The Balaban J connectivity index is 1.53. The van der Waals surface area contributed by atoms with Crippen molar-refractivity contribution in [1.29, 1.82) is 0 Å². The quantitative estimate of drug-likeness (QED) is 0.408. The van der Waals surface area contributed by atoms with E-state index < -0.39 is 16.6 Å². The summed E-state index contributed by atoms with van der Waals surface area (Å²) < 4.78 is 13.3. The van der Waals surface area contributed by atoms with E-state index >= 15 is 0 Å². The summed E-state index contributed by atoms with van der Waals surface area (Å²) in [5.74, 6) is 5.61. The molecule has 3 fully saturated rings. The van der Waals surface area contributed by atoms with Crippen molar-refractivity contribution in [2.45, 2.75) is 111 Å². The Morgan fingerprint density at radius 3 is 2.23 bits per heavy atom. The van der Waals surface area contributed by atoms with E-state index in [0.29, 0.717) is 16.9 Å². The van der Waals surface area contributed by atoms with Crippen molar-refractivity contribution in [3.63, 3.8) is 0 Å². The minimum absolute atomic E-state index is 0.298. The summed E-state index contributed by atoms with van der Waals surface area (Å²) in [4.78, 5) is 0. The van der Waals surface area contributed by atoms with Gasteiger partial charge < -0.3 is 8.85 Å². The van der Waals surface area contributed by atoms with Gasteiger partial charge >= 0.3 is 0 Å². The minimum atomic E-state index is -1.55. The largest absolute Gasteiger partial charge is 0.547 e. The summed E-state index contributed by atoms with van der Waals surface area (Å²) in [7, 11) is -3.01. The van der Waals surface area contributed by atoms with Gasteiger partial charge in [0.05, 0.1) is 5.76 Å². The Kier molecular flexibility index (Phi) is 5.76. The van der Waals surface area contributed by atoms with Crippen molar-refractivity contribution in [1.82, 2.24) is 0 Å². The molecule has 4 aliphatic rings. The fourth-order valence-electron chi connectivity index (χ4n) is 8.28. The maximum atomic E-state index is 6.65. The zero-order valence-electron chi connectivity index (χ0n) is 21.3. The van der Waals surface area contributed by atoms with Crippen molar-refractivity contribution >= 4 is 16.6 Å². The lowest BCUT2D eigenvalue weighted by atomic mass is 9.43. The Labute approximate surface area is 188 Å². The van der Waals surface area contributed by atoms with Crippen LogP contribution in [0.1, 0.15) is 65.7 Å². The van der Waals surface area contributed by atoms with Crippen molar-refractivity contribution in [2.24, 2.45) is 40.4 Å². The van der Waals surface area contributed by atoms with Gasteiger partial charge in [0.15, 0.2) is 8.32 Å². The smallest absolute Gasteiger partial charge is 0.241 e. The summed E-state index contributed by atoms with van der Waals surface area (Å²) in [6.07, 6.45) is 12.5. The van der Waals surface area contributed by atoms with Crippen LogP contribution in [0.4, 0.5) is 0 Å². The van der Waals surface area contributed by atoms with Crippen molar-refractivity contribution in [3.05, 3.63) is 11.8 Å². The second kappa shape index (κ2) is 7.48. The van der Waals surface area contributed by atoms with E-state index in [-0.39, 0.29) is 0 Å². The van der Waals surface area contributed by atoms with Crippen LogP contribution >= 0.6 is 0 Å². The molecule has 2 nitrogen and oxygen atoms in total. The summed E-state index contributed by atoms with van der Waals surface area (Å²) in [5.41, 5.74) is 0.804. The van der Waals surface area contributed by atoms with Crippen molar-refractivity contribution < 1.29 is 8.85 Å². The molecule has 0 aromatic carbocycles. The standard InChI is InChI=1S/C26H48O2Si2/c1-18-16-20(27-29(4,5)6)17-19-10-11-21-22-12-13-24(28-30(7,8)9)25(22,2)15-14-23(21)26(18,19)3/h13,18-23H,10-12,14-17H2,1-9H3. The molecular formula is C26H48O2Si2. The van der Waals surface area contributed by atoms with Gasteiger partial charge in [-0.05, 0) is 125 Å². The summed E-state index contributed by atoms with van der Waals surface area (Å²) in [5, 5.41) is 0. The van der Waals surface area contributed by atoms with Gasteiger partial charge in [-0.15, -0.1) is 0 Å². The lowest BCUT2D eigenvalue weighted by Crippen LogP contribution is -2.57. The van der Waals surface area contributed by atoms with E-state index in [2.05, 4.69) is 66.1 Å². The topological polar surface area (TPSA) is 18.5 Å². The molecule has 0 heterocycles. The maximum absolute atomic E-state index is 6.65. The number of allylic oxidation sites excluding steroid dienone is 2. The van der Waals surface area contributed by atoms with Crippen LogP contribution in [0.3, 0.4) is 0 Å². The van der Waals surface area contributed by atoms with Crippen LogP contribution in [-0.4, -0.2) is 22.7 Å². The van der Waals surface area contributed by atoms with Gasteiger partial charge in [0.25, 0.3) is 0 Å². The third-order valence-corrected chi connectivity index (χ3v) is 11.5. The molecule has 172 valence electrons. The molecule has 4 heteroatoms. The van der Waals surface area contributed by atoms with Crippen LogP contribution in [0.15, 0.2) is 11.8 Å². The summed E-state index contributed by atoms with van der Waals surface area (Å²) in [6.45, 7) is 21.9. The highest BCUT2D eigenvalue weighted by atomic mass is 28.4. The van der Waals surface area contributed by atoms with E-state index in [1.807, 2.05) is 0 Å². The highest BCUT2D eigenvalue weighted by Gasteiger charge is 2.61. The highest BCUT2D eigenvalue weighted by Crippen LogP contribution is 2.67. The van der Waals surface area contributed by atoms with Crippen LogP contribution in [0, 0.1) is 40.4 Å². The molecular weight excluding hydrogens is 400 g/mol. The molecule has 0 spiro atoms. The second-order valence-corrected chi connectivity index (χ2v) is 22.6. The molecule has 4 rings (SSSR count). The molecule has 30 heavy (non-hydrogen) atoms. The second-order valence-electron chi connectivity index (χ2n) is 13.7. The number of fused-ring (bicyclic) bond motifs is 5. The van der Waals surface area contributed by atoms with E-state index in [4.69, 9.17) is 8.85 Å². The number of hydrogen-bond donors (Lipinski definition) is 0. The van der Waals surface area contributed by atoms with Gasteiger partial charge in [-0.3, -0.25) is 0 Å². The van der Waals surface area contributed by atoms with Gasteiger partial charge in [-0.1, -0.05) is 20.8 Å². The lowest BCUT2D eigenvalue weighted by Gasteiger charge is -2.63.